The molecule has 0 spiro atoms. The molecule has 0 bridgehead atoms. The minimum absolute atomic E-state index is 0.0212. The smallest absolute Gasteiger partial charge is 0.223 e. The summed E-state index contributed by atoms with van der Waals surface area (Å²) in [5, 5.41) is 0. The minimum Gasteiger partial charge on any atom is -0.343 e. The van der Waals surface area contributed by atoms with Crippen molar-refractivity contribution >= 4 is 27.3 Å². The average Bonchev–Trinajstić information content (AvgIpc) is 2.65. The van der Waals surface area contributed by atoms with Crippen molar-refractivity contribution < 1.29 is 18.0 Å². The van der Waals surface area contributed by atoms with E-state index in [1.54, 1.807) is 28.0 Å². The first-order valence-electron chi connectivity index (χ1n) is 9.69. The van der Waals surface area contributed by atoms with Crippen molar-refractivity contribution in [3.05, 3.63) is 23.8 Å². The molecule has 1 fully saturated rings. The normalized spacial score (nSPS) is 18.3. The first kappa shape index (κ1) is 19.9. The summed E-state index contributed by atoms with van der Waals surface area (Å²) in [6, 6.07) is 4.95. The van der Waals surface area contributed by atoms with Gasteiger partial charge in [-0.3, -0.25) is 9.59 Å². The molecule has 1 aromatic rings. The van der Waals surface area contributed by atoms with Crippen LogP contribution in [0.4, 0.5) is 5.69 Å². The molecule has 6 nitrogen and oxygen atoms in total. The van der Waals surface area contributed by atoms with Gasteiger partial charge in [-0.1, -0.05) is 6.92 Å². The van der Waals surface area contributed by atoms with E-state index < -0.39 is 9.84 Å². The molecular formula is C20H28N2O4S. The maximum Gasteiger partial charge on any atom is 0.223 e. The molecule has 0 atom stereocenters. The van der Waals surface area contributed by atoms with Crippen molar-refractivity contribution in [2.24, 2.45) is 5.92 Å². The largest absolute Gasteiger partial charge is 0.343 e. The molecule has 148 valence electrons. The van der Waals surface area contributed by atoms with Gasteiger partial charge in [0, 0.05) is 38.7 Å². The SMILES string of the molecule is CC(=O)N1CCCc2cc(S(=O)(=O)CCC(=O)N3CCC(C)CC3)ccc21. The summed E-state index contributed by atoms with van der Waals surface area (Å²) >= 11 is 0. The summed E-state index contributed by atoms with van der Waals surface area (Å²) in [7, 11) is -3.53. The number of benzene rings is 1. The maximum atomic E-state index is 12.7. The fraction of sp³-hybridized carbons (Fsp3) is 0.600. The van der Waals surface area contributed by atoms with Crippen LogP contribution in [0.3, 0.4) is 0 Å². The Bertz CT molecular complexity index is 826. The molecule has 0 N–H and O–H groups in total. The molecule has 2 heterocycles. The number of carbonyl (C=O) groups is 2. The second-order valence-electron chi connectivity index (χ2n) is 7.70. The fourth-order valence-electron chi connectivity index (χ4n) is 3.85. The lowest BCUT2D eigenvalue weighted by Gasteiger charge is -2.30. The van der Waals surface area contributed by atoms with E-state index in [4.69, 9.17) is 0 Å². The van der Waals surface area contributed by atoms with Crippen LogP contribution in [0, 0.1) is 5.92 Å². The third kappa shape index (κ3) is 4.51. The second-order valence-corrected chi connectivity index (χ2v) is 9.81. The van der Waals surface area contributed by atoms with Gasteiger partial charge in [0.15, 0.2) is 9.84 Å². The zero-order valence-electron chi connectivity index (χ0n) is 16.1. The standard InChI is InChI=1S/C20H28N2O4S/c1-15-7-11-21(12-8-15)20(24)9-13-27(25,26)18-5-6-19-17(14-18)4-3-10-22(19)16(2)23/h5-6,14-15H,3-4,7-13H2,1-2H3. The molecule has 3 rings (SSSR count). The first-order valence-corrected chi connectivity index (χ1v) is 11.3. The Kier molecular flexibility index (Phi) is 5.89. The van der Waals surface area contributed by atoms with Crippen molar-refractivity contribution in [1.82, 2.24) is 4.90 Å². The highest BCUT2D eigenvalue weighted by Crippen LogP contribution is 2.30. The first-order chi connectivity index (χ1) is 12.8. The average molecular weight is 393 g/mol. The number of hydrogen-bond acceptors (Lipinski definition) is 4. The highest BCUT2D eigenvalue weighted by molar-refractivity contribution is 7.91. The van der Waals surface area contributed by atoms with E-state index >= 15 is 0 Å². The van der Waals surface area contributed by atoms with Gasteiger partial charge in [-0.2, -0.15) is 0 Å². The monoisotopic (exact) mass is 392 g/mol. The van der Waals surface area contributed by atoms with Gasteiger partial charge >= 0.3 is 0 Å². The van der Waals surface area contributed by atoms with Gasteiger partial charge in [0.25, 0.3) is 0 Å². The Morgan fingerprint density at radius 1 is 1.15 bits per heavy atom. The number of aryl methyl sites for hydroxylation is 1. The van der Waals surface area contributed by atoms with E-state index in [0.717, 1.165) is 50.0 Å². The molecule has 27 heavy (non-hydrogen) atoms. The number of sulfone groups is 1. The van der Waals surface area contributed by atoms with Gasteiger partial charge in [0.2, 0.25) is 11.8 Å². The van der Waals surface area contributed by atoms with Gasteiger partial charge in [-0.05, 0) is 55.4 Å². The Labute approximate surface area is 161 Å². The van der Waals surface area contributed by atoms with Crippen molar-refractivity contribution in [3.8, 4) is 0 Å². The number of rotatable bonds is 4. The zero-order valence-corrected chi connectivity index (χ0v) is 16.9. The number of hydrogen-bond donors (Lipinski definition) is 0. The third-order valence-corrected chi connectivity index (χ3v) is 7.34. The molecule has 2 aliphatic heterocycles. The summed E-state index contributed by atoms with van der Waals surface area (Å²) in [4.78, 5) is 27.8. The van der Waals surface area contributed by atoms with Gasteiger partial charge in [0.1, 0.15) is 0 Å². The lowest BCUT2D eigenvalue weighted by molar-refractivity contribution is -0.132. The second kappa shape index (κ2) is 8.00. The number of carbonyl (C=O) groups excluding carboxylic acids is 2. The van der Waals surface area contributed by atoms with E-state index in [9.17, 15) is 18.0 Å². The van der Waals surface area contributed by atoms with Crippen LogP contribution in [-0.2, 0) is 25.8 Å². The fourth-order valence-corrected chi connectivity index (χ4v) is 5.13. The Balaban J connectivity index is 1.68. The molecule has 2 amide bonds. The number of anilines is 1. The molecular weight excluding hydrogens is 364 g/mol. The Morgan fingerprint density at radius 3 is 2.52 bits per heavy atom. The quantitative estimate of drug-likeness (QED) is 0.789. The number of likely N-dealkylation sites (tertiary alicyclic amines) is 1. The third-order valence-electron chi connectivity index (χ3n) is 5.63. The van der Waals surface area contributed by atoms with Crippen molar-refractivity contribution in [1.29, 1.82) is 0 Å². The van der Waals surface area contributed by atoms with Crippen molar-refractivity contribution in [2.45, 2.75) is 50.8 Å². The van der Waals surface area contributed by atoms with Crippen molar-refractivity contribution in [2.75, 3.05) is 30.3 Å². The van der Waals surface area contributed by atoms with Crippen LogP contribution < -0.4 is 4.90 Å². The summed E-state index contributed by atoms with van der Waals surface area (Å²) in [6.45, 7) is 5.80. The zero-order chi connectivity index (χ0) is 19.6. The van der Waals surface area contributed by atoms with Crippen LogP contribution in [0.2, 0.25) is 0 Å². The van der Waals surface area contributed by atoms with E-state index in [1.165, 1.54) is 6.92 Å². The molecule has 1 aromatic carbocycles. The van der Waals surface area contributed by atoms with Crippen LogP contribution in [0.25, 0.3) is 0 Å². The van der Waals surface area contributed by atoms with Crippen LogP contribution >= 0.6 is 0 Å². The molecule has 0 radical (unpaired) electrons. The molecule has 0 saturated carbocycles. The molecule has 0 unspecified atom stereocenters. The Hall–Kier alpha value is -1.89. The molecule has 0 aliphatic carbocycles. The predicted octanol–water partition coefficient (Wildman–Crippen LogP) is 2.41. The van der Waals surface area contributed by atoms with Gasteiger partial charge in [-0.15, -0.1) is 0 Å². The number of amides is 2. The lowest BCUT2D eigenvalue weighted by Crippen LogP contribution is -2.38. The van der Waals surface area contributed by atoms with Crippen LogP contribution in [0.1, 0.15) is 45.1 Å². The maximum absolute atomic E-state index is 12.7. The summed E-state index contributed by atoms with van der Waals surface area (Å²) in [6.07, 6.45) is 3.56. The van der Waals surface area contributed by atoms with Crippen molar-refractivity contribution in [3.63, 3.8) is 0 Å². The summed E-state index contributed by atoms with van der Waals surface area (Å²) < 4.78 is 25.4. The van der Waals surface area contributed by atoms with Gasteiger partial charge in [-0.25, -0.2) is 8.42 Å². The molecule has 2 aliphatic rings. The molecule has 7 heteroatoms. The number of piperidine rings is 1. The highest BCUT2D eigenvalue weighted by atomic mass is 32.2. The van der Waals surface area contributed by atoms with E-state index in [1.807, 2.05) is 0 Å². The van der Waals surface area contributed by atoms with Crippen LogP contribution in [0.15, 0.2) is 23.1 Å². The molecule has 1 saturated heterocycles. The van der Waals surface area contributed by atoms with Gasteiger partial charge in [0.05, 0.1) is 10.6 Å². The number of fused-ring (bicyclic) bond motifs is 1. The van der Waals surface area contributed by atoms with Gasteiger partial charge < -0.3 is 9.80 Å². The Morgan fingerprint density at radius 2 is 1.85 bits per heavy atom. The summed E-state index contributed by atoms with van der Waals surface area (Å²) in [5.41, 5.74) is 1.68. The topological polar surface area (TPSA) is 74.8 Å². The highest BCUT2D eigenvalue weighted by Gasteiger charge is 2.25. The van der Waals surface area contributed by atoms with E-state index in [2.05, 4.69) is 6.92 Å². The predicted molar refractivity (Wildman–Crippen MR) is 104 cm³/mol. The van der Waals surface area contributed by atoms with E-state index in [0.29, 0.717) is 12.5 Å². The minimum atomic E-state index is -3.53. The number of nitrogens with zero attached hydrogens (tertiary/aromatic N) is 2. The lowest BCUT2D eigenvalue weighted by atomic mass is 9.99. The van der Waals surface area contributed by atoms with E-state index in [-0.39, 0.29) is 28.9 Å². The van der Waals surface area contributed by atoms with Crippen LogP contribution in [0.5, 0.6) is 0 Å². The summed E-state index contributed by atoms with van der Waals surface area (Å²) in [5.74, 6) is 0.342. The molecule has 0 aromatic heterocycles. The van der Waals surface area contributed by atoms with Crippen LogP contribution in [-0.4, -0.2) is 50.5 Å².